The number of nitrogens with zero attached hydrogens (tertiary/aromatic N) is 1. The highest BCUT2D eigenvalue weighted by Gasteiger charge is 2.37. The Balaban J connectivity index is 2.02. The summed E-state index contributed by atoms with van der Waals surface area (Å²) < 4.78 is 27.7. The van der Waals surface area contributed by atoms with Crippen LogP contribution in [0.25, 0.3) is 0 Å². The van der Waals surface area contributed by atoms with Gasteiger partial charge in [0, 0.05) is 6.54 Å². The molecule has 0 amide bonds. The molecule has 1 aliphatic rings. The van der Waals surface area contributed by atoms with Crippen LogP contribution in [0.2, 0.25) is 10.0 Å². The molecule has 1 aliphatic heterocycles. The summed E-state index contributed by atoms with van der Waals surface area (Å²) in [5.74, 6) is 0. The van der Waals surface area contributed by atoms with E-state index in [1.165, 1.54) is 4.31 Å². The van der Waals surface area contributed by atoms with Gasteiger partial charge in [-0.2, -0.15) is 4.31 Å². The van der Waals surface area contributed by atoms with Gasteiger partial charge < -0.3 is 5.11 Å². The second-order valence-electron chi connectivity index (χ2n) is 6.30. The largest absolute Gasteiger partial charge is 0.393 e. The Morgan fingerprint density at radius 1 is 1.08 bits per heavy atom. The summed E-state index contributed by atoms with van der Waals surface area (Å²) in [5, 5.41) is 10.9. The first-order valence-corrected chi connectivity index (χ1v) is 10.2. The van der Waals surface area contributed by atoms with E-state index in [4.69, 9.17) is 23.2 Å². The normalized spacial score (nSPS) is 22.1. The van der Waals surface area contributed by atoms with Crippen LogP contribution in [0, 0.1) is 6.92 Å². The lowest BCUT2D eigenvalue weighted by molar-refractivity contribution is 0.0808. The summed E-state index contributed by atoms with van der Waals surface area (Å²) in [7, 11) is -3.68. The van der Waals surface area contributed by atoms with Gasteiger partial charge in [0.25, 0.3) is 0 Å². The first-order chi connectivity index (χ1) is 11.8. The number of sulfonamides is 1. The van der Waals surface area contributed by atoms with E-state index >= 15 is 0 Å². The summed E-state index contributed by atoms with van der Waals surface area (Å²) in [4.78, 5) is 0.250. The Labute approximate surface area is 158 Å². The van der Waals surface area contributed by atoms with Crippen molar-refractivity contribution in [1.82, 2.24) is 4.31 Å². The zero-order valence-corrected chi connectivity index (χ0v) is 16.0. The Bertz CT molecular complexity index is 868. The van der Waals surface area contributed by atoms with Crippen LogP contribution in [0.4, 0.5) is 0 Å². The van der Waals surface area contributed by atoms with E-state index in [2.05, 4.69) is 0 Å². The maximum absolute atomic E-state index is 13.1. The summed E-state index contributed by atoms with van der Waals surface area (Å²) in [6, 6.07) is 11.4. The third-order valence-corrected chi connectivity index (χ3v) is 7.14. The smallest absolute Gasteiger partial charge is 0.243 e. The molecule has 134 valence electrons. The number of rotatable bonds is 3. The van der Waals surface area contributed by atoms with Crippen LogP contribution in [0.15, 0.2) is 47.4 Å². The van der Waals surface area contributed by atoms with E-state index in [0.29, 0.717) is 22.9 Å². The molecule has 0 radical (unpaired) electrons. The van der Waals surface area contributed by atoms with Crippen molar-refractivity contribution in [3.63, 3.8) is 0 Å². The summed E-state index contributed by atoms with van der Waals surface area (Å²) >= 11 is 12.1. The van der Waals surface area contributed by atoms with Gasteiger partial charge in [0.05, 0.1) is 27.1 Å². The van der Waals surface area contributed by atoms with Gasteiger partial charge >= 0.3 is 0 Å². The molecule has 25 heavy (non-hydrogen) atoms. The number of aliphatic hydroxyl groups is 1. The van der Waals surface area contributed by atoms with E-state index in [1.807, 2.05) is 6.92 Å². The molecule has 4 nitrogen and oxygen atoms in total. The van der Waals surface area contributed by atoms with E-state index in [1.54, 1.807) is 42.5 Å². The van der Waals surface area contributed by atoms with E-state index in [9.17, 15) is 13.5 Å². The van der Waals surface area contributed by atoms with E-state index in [0.717, 1.165) is 11.1 Å². The maximum Gasteiger partial charge on any atom is 0.243 e. The number of halogens is 2. The van der Waals surface area contributed by atoms with Crippen LogP contribution in [0.3, 0.4) is 0 Å². The quantitative estimate of drug-likeness (QED) is 0.841. The maximum atomic E-state index is 13.1. The van der Waals surface area contributed by atoms with E-state index in [-0.39, 0.29) is 11.4 Å². The van der Waals surface area contributed by atoms with Crippen molar-refractivity contribution in [3.05, 3.63) is 63.6 Å². The van der Waals surface area contributed by atoms with Gasteiger partial charge in [-0.1, -0.05) is 47.0 Å². The van der Waals surface area contributed by atoms with Gasteiger partial charge in [-0.25, -0.2) is 8.42 Å². The Hall–Kier alpha value is -1.11. The Morgan fingerprint density at radius 3 is 2.40 bits per heavy atom. The van der Waals surface area contributed by atoms with Crippen molar-refractivity contribution in [2.45, 2.75) is 36.8 Å². The van der Waals surface area contributed by atoms with Gasteiger partial charge in [-0.15, -0.1) is 0 Å². The number of benzene rings is 2. The molecule has 7 heteroatoms. The van der Waals surface area contributed by atoms with Crippen molar-refractivity contribution in [2.75, 3.05) is 6.54 Å². The third kappa shape index (κ3) is 3.86. The van der Waals surface area contributed by atoms with Crippen LogP contribution in [-0.2, 0) is 10.0 Å². The fourth-order valence-electron chi connectivity index (χ4n) is 3.08. The molecule has 2 aromatic rings. The average Bonchev–Trinajstić information content (AvgIpc) is 2.57. The molecule has 2 aromatic carbocycles. The molecule has 0 saturated carbocycles. The van der Waals surface area contributed by atoms with Gasteiger partial charge in [0.1, 0.15) is 0 Å². The number of aryl methyl sites for hydroxylation is 1. The molecular weight excluding hydrogens is 381 g/mol. The molecular formula is C18H19Cl2NO3S. The standard InChI is InChI=1S/C18H19Cl2NO3S/c1-12-2-5-15(6-3-12)25(23,24)21-9-8-14(22)11-18(21)13-4-7-16(19)17(20)10-13/h2-7,10,14,18,22H,8-9,11H2,1H3/t14-,18-/m0/s1. The zero-order chi connectivity index (χ0) is 18.2. The number of piperidine rings is 1. The first kappa shape index (κ1) is 18.7. The molecule has 1 heterocycles. The van der Waals surface area contributed by atoms with Crippen molar-refractivity contribution < 1.29 is 13.5 Å². The molecule has 0 unspecified atom stereocenters. The third-order valence-electron chi connectivity index (χ3n) is 4.48. The highest BCUT2D eigenvalue weighted by Crippen LogP contribution is 2.37. The molecule has 1 saturated heterocycles. The fraction of sp³-hybridized carbons (Fsp3) is 0.333. The van der Waals surface area contributed by atoms with Crippen LogP contribution < -0.4 is 0 Å². The average molecular weight is 400 g/mol. The summed E-state index contributed by atoms with van der Waals surface area (Å²) in [6.07, 6.45) is 0.176. The Kier molecular flexibility index (Phi) is 5.42. The van der Waals surface area contributed by atoms with Crippen molar-refractivity contribution in [3.8, 4) is 0 Å². The predicted molar refractivity (Wildman–Crippen MR) is 99.5 cm³/mol. The number of hydrogen-bond acceptors (Lipinski definition) is 3. The second kappa shape index (κ2) is 7.25. The van der Waals surface area contributed by atoms with Crippen molar-refractivity contribution >= 4 is 33.2 Å². The second-order valence-corrected chi connectivity index (χ2v) is 9.00. The number of hydrogen-bond donors (Lipinski definition) is 1. The van der Waals surface area contributed by atoms with Gasteiger partial charge in [0.15, 0.2) is 0 Å². The van der Waals surface area contributed by atoms with Gasteiger partial charge in [-0.3, -0.25) is 0 Å². The molecule has 0 aliphatic carbocycles. The molecule has 1 fully saturated rings. The molecule has 1 N–H and O–H groups in total. The monoisotopic (exact) mass is 399 g/mol. The van der Waals surface area contributed by atoms with Crippen molar-refractivity contribution in [2.24, 2.45) is 0 Å². The Morgan fingerprint density at radius 2 is 1.76 bits per heavy atom. The first-order valence-electron chi connectivity index (χ1n) is 8.00. The highest BCUT2D eigenvalue weighted by atomic mass is 35.5. The van der Waals surface area contributed by atoms with Crippen LogP contribution in [-0.4, -0.2) is 30.5 Å². The van der Waals surface area contributed by atoms with Gasteiger partial charge in [0.2, 0.25) is 10.0 Å². The lowest BCUT2D eigenvalue weighted by Crippen LogP contribution is -2.42. The molecule has 0 bridgehead atoms. The minimum absolute atomic E-state index is 0.250. The molecule has 0 spiro atoms. The summed E-state index contributed by atoms with van der Waals surface area (Å²) in [6.45, 7) is 2.16. The summed E-state index contributed by atoms with van der Waals surface area (Å²) in [5.41, 5.74) is 1.72. The minimum atomic E-state index is -3.68. The number of aliphatic hydroxyl groups excluding tert-OH is 1. The lowest BCUT2D eigenvalue weighted by atomic mass is 9.95. The van der Waals surface area contributed by atoms with Crippen LogP contribution in [0.1, 0.15) is 30.0 Å². The van der Waals surface area contributed by atoms with Crippen LogP contribution in [0.5, 0.6) is 0 Å². The SMILES string of the molecule is Cc1ccc(S(=O)(=O)N2CC[C@H](O)C[C@H]2c2ccc(Cl)c(Cl)c2)cc1. The minimum Gasteiger partial charge on any atom is -0.393 e. The topological polar surface area (TPSA) is 57.6 Å². The fourth-order valence-corrected chi connectivity index (χ4v) is 5.03. The van der Waals surface area contributed by atoms with Crippen molar-refractivity contribution in [1.29, 1.82) is 0 Å². The van der Waals surface area contributed by atoms with Gasteiger partial charge in [-0.05, 0) is 49.6 Å². The zero-order valence-electron chi connectivity index (χ0n) is 13.7. The highest BCUT2D eigenvalue weighted by molar-refractivity contribution is 7.89. The molecule has 2 atom stereocenters. The molecule has 3 rings (SSSR count). The van der Waals surface area contributed by atoms with Crippen LogP contribution >= 0.6 is 23.2 Å². The lowest BCUT2D eigenvalue weighted by Gasteiger charge is -2.37. The molecule has 0 aromatic heterocycles. The van der Waals surface area contributed by atoms with E-state index < -0.39 is 22.2 Å². The predicted octanol–water partition coefficient (Wildman–Crippen LogP) is 4.19.